The lowest BCUT2D eigenvalue weighted by Gasteiger charge is -2.25. The van der Waals surface area contributed by atoms with Crippen LogP contribution < -0.4 is 10.1 Å². The van der Waals surface area contributed by atoms with Crippen LogP contribution in [0, 0.1) is 5.82 Å². The molecule has 0 aliphatic heterocycles. The number of carbonyl (C=O) groups excluding carboxylic acids is 2. The number of nitrogens with one attached hydrogen (secondary N) is 1. The molecule has 110 valence electrons. The van der Waals surface area contributed by atoms with Gasteiger partial charge in [-0.3, -0.25) is 9.59 Å². The Morgan fingerprint density at radius 3 is 2.40 bits per heavy atom. The second-order valence-electron chi connectivity index (χ2n) is 4.65. The molecule has 0 unspecified atom stereocenters. The van der Waals surface area contributed by atoms with Crippen molar-refractivity contribution in [3.8, 4) is 5.75 Å². The Morgan fingerprint density at radius 2 is 1.85 bits per heavy atom. The Morgan fingerprint density at radius 1 is 1.25 bits per heavy atom. The van der Waals surface area contributed by atoms with Crippen LogP contribution in [0.2, 0.25) is 0 Å². The first-order valence-electron chi connectivity index (χ1n) is 6.15. The molecule has 0 bridgehead atoms. The van der Waals surface area contributed by atoms with E-state index in [9.17, 15) is 14.0 Å². The maximum Gasteiger partial charge on any atom is 0.307 e. The normalized spacial score (nSPS) is 10.8. The highest BCUT2D eigenvalue weighted by Crippen LogP contribution is 2.18. The van der Waals surface area contributed by atoms with E-state index >= 15 is 0 Å². The van der Waals surface area contributed by atoms with Gasteiger partial charge in [-0.2, -0.15) is 0 Å². The zero-order chi connectivity index (χ0) is 15.2. The second kappa shape index (κ2) is 6.88. The first kappa shape index (κ1) is 15.9. The smallest absolute Gasteiger partial charge is 0.307 e. The fourth-order valence-corrected chi connectivity index (χ4v) is 1.44. The Bertz CT molecular complexity index is 471. The van der Waals surface area contributed by atoms with Crippen LogP contribution in [0.4, 0.5) is 4.39 Å². The monoisotopic (exact) mass is 283 g/mol. The number of amides is 1. The molecule has 0 aliphatic rings. The molecule has 1 amide bonds. The summed E-state index contributed by atoms with van der Waals surface area (Å²) in [5.41, 5.74) is -1.13. The van der Waals surface area contributed by atoms with E-state index in [1.54, 1.807) is 13.8 Å². The van der Waals surface area contributed by atoms with Gasteiger partial charge in [0.2, 0.25) is 0 Å². The van der Waals surface area contributed by atoms with Gasteiger partial charge in [-0.1, -0.05) is 0 Å². The third-order valence-corrected chi connectivity index (χ3v) is 2.58. The van der Waals surface area contributed by atoms with Crippen LogP contribution in [0.15, 0.2) is 24.3 Å². The minimum absolute atomic E-state index is 0.0921. The van der Waals surface area contributed by atoms with Gasteiger partial charge in [0, 0.05) is 6.54 Å². The van der Waals surface area contributed by atoms with Gasteiger partial charge in [-0.25, -0.2) is 4.39 Å². The van der Waals surface area contributed by atoms with E-state index in [0.717, 1.165) is 0 Å². The van der Waals surface area contributed by atoms with Gasteiger partial charge < -0.3 is 14.8 Å². The summed E-state index contributed by atoms with van der Waals surface area (Å²) in [4.78, 5) is 22.9. The summed E-state index contributed by atoms with van der Waals surface area (Å²) in [7, 11) is 1.28. The molecular formula is C14H18FNO4. The largest absolute Gasteiger partial charge is 0.478 e. The molecule has 1 aromatic rings. The summed E-state index contributed by atoms with van der Waals surface area (Å²) >= 11 is 0. The maximum atomic E-state index is 12.8. The Balaban J connectivity index is 2.52. The van der Waals surface area contributed by atoms with E-state index < -0.39 is 11.6 Å². The quantitative estimate of drug-likeness (QED) is 0.806. The third kappa shape index (κ3) is 4.87. The number of carbonyl (C=O) groups is 2. The number of rotatable bonds is 6. The summed E-state index contributed by atoms with van der Waals surface area (Å²) in [6.07, 6.45) is 0.0921. The molecule has 0 spiro atoms. The Kier molecular flexibility index (Phi) is 5.49. The van der Waals surface area contributed by atoms with Crippen molar-refractivity contribution in [2.45, 2.75) is 25.9 Å². The predicted molar refractivity (Wildman–Crippen MR) is 70.7 cm³/mol. The standard InChI is InChI=1S/C14H18FNO4/c1-14(2,13(18)16-9-8-12(17)19-3)20-11-6-4-10(15)5-7-11/h4-7H,8-9H2,1-3H3,(H,16,18). The van der Waals surface area contributed by atoms with Crippen LogP contribution in [-0.2, 0) is 14.3 Å². The summed E-state index contributed by atoms with van der Waals surface area (Å²) in [5.74, 6) is -0.759. The lowest BCUT2D eigenvalue weighted by Crippen LogP contribution is -2.47. The van der Waals surface area contributed by atoms with E-state index in [1.807, 2.05) is 0 Å². The summed E-state index contributed by atoms with van der Waals surface area (Å²) in [6, 6.07) is 5.39. The number of ether oxygens (including phenoxy) is 2. The molecule has 5 nitrogen and oxygen atoms in total. The highest BCUT2D eigenvalue weighted by Gasteiger charge is 2.29. The SMILES string of the molecule is COC(=O)CCNC(=O)C(C)(C)Oc1ccc(F)cc1. The van der Waals surface area contributed by atoms with Gasteiger partial charge in [0.15, 0.2) is 5.60 Å². The average molecular weight is 283 g/mol. The number of hydrogen-bond acceptors (Lipinski definition) is 4. The predicted octanol–water partition coefficient (Wildman–Crippen LogP) is 1.66. The Labute approximate surface area is 117 Å². The lowest BCUT2D eigenvalue weighted by atomic mass is 10.1. The summed E-state index contributed by atoms with van der Waals surface area (Å²) < 4.78 is 22.8. The first-order chi connectivity index (χ1) is 9.35. The van der Waals surface area contributed by atoms with Crippen molar-refractivity contribution in [3.63, 3.8) is 0 Å². The van der Waals surface area contributed by atoms with Crippen molar-refractivity contribution < 1.29 is 23.5 Å². The van der Waals surface area contributed by atoms with Crippen LogP contribution >= 0.6 is 0 Å². The molecule has 0 aliphatic carbocycles. The number of methoxy groups -OCH3 is 1. The molecule has 0 atom stereocenters. The van der Waals surface area contributed by atoms with Crippen LogP contribution in [0.3, 0.4) is 0 Å². The molecule has 0 saturated heterocycles. The van der Waals surface area contributed by atoms with Crippen LogP contribution in [0.25, 0.3) is 0 Å². The topological polar surface area (TPSA) is 64.6 Å². The maximum absolute atomic E-state index is 12.8. The summed E-state index contributed by atoms with van der Waals surface area (Å²) in [6.45, 7) is 3.34. The molecule has 1 aromatic carbocycles. The fraction of sp³-hybridized carbons (Fsp3) is 0.429. The van der Waals surface area contributed by atoms with Gasteiger partial charge in [-0.05, 0) is 38.1 Å². The van der Waals surface area contributed by atoms with Gasteiger partial charge in [0.1, 0.15) is 11.6 Å². The average Bonchev–Trinajstić information content (AvgIpc) is 2.40. The molecule has 0 fully saturated rings. The van der Waals surface area contributed by atoms with Crippen LogP contribution in [0.1, 0.15) is 20.3 Å². The number of hydrogen-bond donors (Lipinski definition) is 1. The van der Waals surface area contributed by atoms with Crippen LogP contribution in [0.5, 0.6) is 5.75 Å². The van der Waals surface area contributed by atoms with E-state index in [0.29, 0.717) is 5.75 Å². The van der Waals surface area contributed by atoms with Crippen molar-refractivity contribution in [2.75, 3.05) is 13.7 Å². The van der Waals surface area contributed by atoms with Gasteiger partial charge in [0.25, 0.3) is 5.91 Å². The van der Waals surface area contributed by atoms with Gasteiger partial charge in [0.05, 0.1) is 13.5 Å². The van der Waals surface area contributed by atoms with E-state index in [4.69, 9.17) is 4.74 Å². The van der Waals surface area contributed by atoms with Crippen molar-refractivity contribution in [1.29, 1.82) is 0 Å². The lowest BCUT2D eigenvalue weighted by molar-refractivity contribution is -0.140. The molecule has 20 heavy (non-hydrogen) atoms. The van der Waals surface area contributed by atoms with Gasteiger partial charge in [-0.15, -0.1) is 0 Å². The van der Waals surface area contributed by atoms with Crippen molar-refractivity contribution in [2.24, 2.45) is 0 Å². The van der Waals surface area contributed by atoms with Crippen molar-refractivity contribution in [1.82, 2.24) is 5.32 Å². The van der Waals surface area contributed by atoms with Crippen LogP contribution in [-0.4, -0.2) is 31.1 Å². The fourth-order valence-electron chi connectivity index (χ4n) is 1.44. The molecule has 0 saturated carbocycles. The Hall–Kier alpha value is -2.11. The minimum Gasteiger partial charge on any atom is -0.478 e. The first-order valence-corrected chi connectivity index (χ1v) is 6.15. The second-order valence-corrected chi connectivity index (χ2v) is 4.65. The molecule has 1 N–H and O–H groups in total. The van der Waals surface area contributed by atoms with E-state index in [1.165, 1.54) is 31.4 Å². The molecule has 0 radical (unpaired) electrons. The molecule has 0 aromatic heterocycles. The van der Waals surface area contributed by atoms with Gasteiger partial charge >= 0.3 is 5.97 Å². The molecular weight excluding hydrogens is 265 g/mol. The van der Waals surface area contributed by atoms with E-state index in [2.05, 4.69) is 10.1 Å². The van der Waals surface area contributed by atoms with Crippen molar-refractivity contribution in [3.05, 3.63) is 30.1 Å². The number of halogens is 1. The zero-order valence-electron chi connectivity index (χ0n) is 11.7. The molecule has 0 heterocycles. The molecule has 1 rings (SSSR count). The summed E-state index contributed by atoms with van der Waals surface area (Å²) in [5, 5.41) is 2.58. The third-order valence-electron chi connectivity index (χ3n) is 2.58. The highest BCUT2D eigenvalue weighted by atomic mass is 19.1. The molecule has 6 heteroatoms. The number of esters is 1. The highest BCUT2D eigenvalue weighted by molar-refractivity contribution is 5.85. The van der Waals surface area contributed by atoms with E-state index in [-0.39, 0.29) is 24.7 Å². The zero-order valence-corrected chi connectivity index (χ0v) is 11.7. The number of benzene rings is 1. The van der Waals surface area contributed by atoms with Crippen molar-refractivity contribution >= 4 is 11.9 Å². The minimum atomic E-state index is -1.13.